The van der Waals surface area contributed by atoms with E-state index >= 15 is 0 Å². The molecule has 0 unspecified atom stereocenters. The number of halogens is 1. The highest BCUT2D eigenvalue weighted by Crippen LogP contribution is 2.45. The highest BCUT2D eigenvalue weighted by molar-refractivity contribution is 7.80. The van der Waals surface area contributed by atoms with E-state index in [4.69, 9.17) is 28.8 Å². The van der Waals surface area contributed by atoms with Crippen LogP contribution in [0.3, 0.4) is 0 Å². The summed E-state index contributed by atoms with van der Waals surface area (Å²) in [5.74, 6) is 0.258. The van der Waals surface area contributed by atoms with Gasteiger partial charge in [-0.3, -0.25) is 4.98 Å². The van der Waals surface area contributed by atoms with Gasteiger partial charge in [-0.05, 0) is 98.4 Å². The first-order chi connectivity index (χ1) is 20.6. The molecule has 0 aliphatic carbocycles. The van der Waals surface area contributed by atoms with Crippen molar-refractivity contribution in [2.75, 3.05) is 22.9 Å². The van der Waals surface area contributed by atoms with Crippen LogP contribution in [0, 0.1) is 25.7 Å². The minimum atomic E-state index is -0.964. The second-order valence-electron chi connectivity index (χ2n) is 12.0. The van der Waals surface area contributed by atoms with Crippen LogP contribution in [-0.4, -0.2) is 38.8 Å². The summed E-state index contributed by atoms with van der Waals surface area (Å²) in [7, 11) is 0. The number of aromatic carboxylic acids is 1. The Kier molecular flexibility index (Phi) is 7.92. The molecule has 2 aliphatic rings. The van der Waals surface area contributed by atoms with Crippen LogP contribution in [0.25, 0.3) is 5.69 Å². The van der Waals surface area contributed by atoms with Gasteiger partial charge in [-0.15, -0.1) is 0 Å². The van der Waals surface area contributed by atoms with Crippen molar-refractivity contribution < 1.29 is 9.90 Å². The fraction of sp³-hybridized carbons (Fsp3) is 0.324. The molecule has 4 aromatic rings. The van der Waals surface area contributed by atoms with Crippen LogP contribution in [-0.2, 0) is 0 Å². The molecule has 4 heterocycles. The smallest absolute Gasteiger partial charge is 0.337 e. The Morgan fingerprint density at radius 3 is 2.40 bits per heavy atom. The molecule has 6 rings (SSSR count). The van der Waals surface area contributed by atoms with Gasteiger partial charge in [-0.25, -0.2) is 4.79 Å². The zero-order valence-electron chi connectivity index (χ0n) is 24.8. The van der Waals surface area contributed by atoms with E-state index in [0.29, 0.717) is 27.7 Å². The molecule has 0 radical (unpaired) electrons. The lowest BCUT2D eigenvalue weighted by molar-refractivity contribution is 0.0697. The van der Waals surface area contributed by atoms with Crippen molar-refractivity contribution in [2.45, 2.75) is 46.2 Å². The molecule has 4 atom stereocenters. The molecule has 43 heavy (non-hydrogen) atoms. The lowest BCUT2D eigenvalue weighted by atomic mass is 9.91. The number of carboxylic acids is 1. The first-order valence-electron chi connectivity index (χ1n) is 14.7. The number of piperidine rings is 1. The highest BCUT2D eigenvalue weighted by Gasteiger charge is 2.42. The molecule has 2 aromatic carbocycles. The maximum Gasteiger partial charge on any atom is 0.337 e. The minimum Gasteiger partial charge on any atom is -0.478 e. The van der Waals surface area contributed by atoms with Gasteiger partial charge in [-0.1, -0.05) is 43.6 Å². The van der Waals surface area contributed by atoms with Gasteiger partial charge in [0.2, 0.25) is 0 Å². The number of hydrogen-bond donors (Lipinski definition) is 2. The molecule has 0 saturated carbocycles. The molecule has 9 heteroatoms. The number of anilines is 2. The molecular weight excluding hydrogens is 578 g/mol. The van der Waals surface area contributed by atoms with Crippen LogP contribution >= 0.6 is 23.8 Å². The van der Waals surface area contributed by atoms with Crippen molar-refractivity contribution in [3.8, 4) is 5.69 Å². The first-order valence-corrected chi connectivity index (χ1v) is 15.5. The summed E-state index contributed by atoms with van der Waals surface area (Å²) >= 11 is 13.0. The van der Waals surface area contributed by atoms with Crippen molar-refractivity contribution in [2.24, 2.45) is 11.8 Å². The number of aryl methyl sites for hydroxylation is 1. The molecule has 2 N–H and O–H groups in total. The fourth-order valence-electron chi connectivity index (χ4n) is 7.02. The first kappa shape index (κ1) is 29.2. The molecule has 7 nitrogen and oxygen atoms in total. The van der Waals surface area contributed by atoms with Crippen LogP contribution in [0.1, 0.15) is 65.4 Å². The average molecular weight is 614 g/mol. The predicted molar refractivity (Wildman–Crippen MR) is 177 cm³/mol. The Balaban J connectivity index is 1.46. The molecule has 2 saturated heterocycles. The molecule has 222 valence electrons. The van der Waals surface area contributed by atoms with Crippen LogP contribution < -0.4 is 15.1 Å². The van der Waals surface area contributed by atoms with Gasteiger partial charge < -0.3 is 24.8 Å². The number of carbonyl (C=O) groups is 1. The third kappa shape index (κ3) is 5.38. The van der Waals surface area contributed by atoms with Crippen molar-refractivity contribution in [1.29, 1.82) is 0 Å². The predicted octanol–water partition coefficient (Wildman–Crippen LogP) is 7.50. The van der Waals surface area contributed by atoms with E-state index in [1.54, 1.807) is 18.3 Å². The third-order valence-corrected chi connectivity index (χ3v) is 9.30. The van der Waals surface area contributed by atoms with Crippen LogP contribution in [0.5, 0.6) is 0 Å². The summed E-state index contributed by atoms with van der Waals surface area (Å²) in [6.07, 6.45) is 3.02. The zero-order valence-corrected chi connectivity index (χ0v) is 26.4. The minimum absolute atomic E-state index is 0.236. The topological polar surface area (TPSA) is 73.6 Å². The fourth-order valence-corrected chi connectivity index (χ4v) is 7.66. The molecule has 0 spiro atoms. The molecule has 0 amide bonds. The van der Waals surface area contributed by atoms with Gasteiger partial charge in [-0.2, -0.15) is 0 Å². The van der Waals surface area contributed by atoms with Gasteiger partial charge in [0.25, 0.3) is 0 Å². The van der Waals surface area contributed by atoms with E-state index in [-0.39, 0.29) is 17.6 Å². The maximum atomic E-state index is 12.1. The second-order valence-corrected chi connectivity index (χ2v) is 12.8. The summed E-state index contributed by atoms with van der Waals surface area (Å²) in [4.78, 5) is 21.4. The van der Waals surface area contributed by atoms with Crippen LogP contribution in [0.4, 0.5) is 11.4 Å². The van der Waals surface area contributed by atoms with Crippen molar-refractivity contribution in [3.63, 3.8) is 0 Å². The zero-order chi connectivity index (χ0) is 30.4. The number of benzene rings is 2. The lowest BCUT2D eigenvalue weighted by Gasteiger charge is -2.37. The average Bonchev–Trinajstić information content (AvgIpc) is 3.47. The van der Waals surface area contributed by atoms with Gasteiger partial charge in [0.15, 0.2) is 5.11 Å². The van der Waals surface area contributed by atoms with Crippen molar-refractivity contribution in [1.82, 2.24) is 14.9 Å². The maximum absolute atomic E-state index is 12.1. The van der Waals surface area contributed by atoms with E-state index in [1.807, 2.05) is 54.8 Å². The third-order valence-electron chi connectivity index (χ3n) is 8.68. The number of nitrogens with one attached hydrogen (secondary N) is 1. The Morgan fingerprint density at radius 1 is 1.00 bits per heavy atom. The Bertz CT molecular complexity index is 1680. The Labute approximate surface area is 263 Å². The summed E-state index contributed by atoms with van der Waals surface area (Å²) in [6, 6.07) is 20.9. The number of hydrogen-bond acceptors (Lipinski definition) is 4. The summed E-state index contributed by atoms with van der Waals surface area (Å²) < 4.78 is 2.02. The van der Waals surface area contributed by atoms with Crippen molar-refractivity contribution >= 4 is 46.3 Å². The highest BCUT2D eigenvalue weighted by atomic mass is 35.5. The number of pyridine rings is 1. The Morgan fingerprint density at radius 2 is 1.72 bits per heavy atom. The standard InChI is InChI=1S/C34H36ClN5O2S/c1-20-15-21(2)19-38(18-20)30-13-12-24(17-27(30)35)40-32(31(37-34(40)43)28-10-7-8-14-36-28)26-16-22(3)39(23(26)4)29-11-6-5-9-25(29)33(41)42/h5-14,16-17,20-21,31-32H,15,18-19H2,1-4H3,(H,37,43)(H,41,42)/t20-,21+,31-,32-/m1/s1. The normalized spacial score (nSPS) is 22.1. The molecule has 2 fully saturated rings. The van der Waals surface area contributed by atoms with Crippen LogP contribution in [0.15, 0.2) is 72.9 Å². The number of nitrogens with zero attached hydrogens (tertiary/aromatic N) is 4. The lowest BCUT2D eigenvalue weighted by Crippen LogP contribution is -2.38. The summed E-state index contributed by atoms with van der Waals surface area (Å²) in [6.45, 7) is 10.6. The Hall–Kier alpha value is -3.88. The van der Waals surface area contributed by atoms with E-state index in [1.165, 1.54) is 6.42 Å². The number of carboxylic acid groups (broad SMARTS) is 1. The van der Waals surface area contributed by atoms with E-state index in [0.717, 1.165) is 47.1 Å². The monoisotopic (exact) mass is 613 g/mol. The molecule has 2 aromatic heterocycles. The van der Waals surface area contributed by atoms with Gasteiger partial charge in [0.05, 0.1) is 39.7 Å². The largest absolute Gasteiger partial charge is 0.478 e. The molecule has 0 bridgehead atoms. The van der Waals surface area contributed by atoms with E-state index in [2.05, 4.69) is 47.2 Å². The van der Waals surface area contributed by atoms with Gasteiger partial charge >= 0.3 is 5.97 Å². The SMILES string of the molecule is Cc1cc([C@@H]2[C@@H](c3ccccn3)NC(=S)N2c2ccc(N3C[C@H](C)C[C@H](C)C3)c(Cl)c2)c(C)n1-c1ccccc1C(=O)O. The second kappa shape index (κ2) is 11.7. The quantitative estimate of drug-likeness (QED) is 0.218. The summed E-state index contributed by atoms with van der Waals surface area (Å²) in [5.41, 5.74) is 6.58. The van der Waals surface area contributed by atoms with E-state index in [9.17, 15) is 9.90 Å². The molecular formula is C34H36ClN5O2S. The van der Waals surface area contributed by atoms with Gasteiger partial charge in [0, 0.05) is 36.4 Å². The number of thiocarbonyl (C=S) groups is 1. The number of para-hydroxylation sites is 1. The summed E-state index contributed by atoms with van der Waals surface area (Å²) in [5, 5.41) is 14.8. The van der Waals surface area contributed by atoms with E-state index < -0.39 is 5.97 Å². The van der Waals surface area contributed by atoms with Gasteiger partial charge in [0.1, 0.15) is 0 Å². The number of rotatable bonds is 6. The number of aromatic nitrogens is 2. The van der Waals surface area contributed by atoms with Crippen molar-refractivity contribution in [3.05, 3.63) is 106 Å². The van der Waals surface area contributed by atoms with Crippen LogP contribution in [0.2, 0.25) is 5.02 Å². The molecule has 2 aliphatic heterocycles.